The predicted molar refractivity (Wildman–Crippen MR) is 116 cm³/mol. The molecule has 0 aromatic heterocycles. The number of hydrogen-bond donors (Lipinski definition) is 0. The van der Waals surface area contributed by atoms with E-state index in [-0.39, 0.29) is 11.9 Å². The van der Waals surface area contributed by atoms with Gasteiger partial charge in [0.2, 0.25) is 0 Å². The van der Waals surface area contributed by atoms with Crippen LogP contribution in [0.1, 0.15) is 129 Å². The van der Waals surface area contributed by atoms with Crippen molar-refractivity contribution in [2.75, 3.05) is 13.2 Å². The van der Waals surface area contributed by atoms with Gasteiger partial charge in [-0.2, -0.15) is 0 Å². The summed E-state index contributed by atoms with van der Waals surface area (Å²) >= 11 is 0. The third-order valence-corrected chi connectivity index (χ3v) is 4.95. The van der Waals surface area contributed by atoms with E-state index in [4.69, 9.17) is 9.47 Å². The molecule has 0 heterocycles. The zero-order valence-corrected chi connectivity index (χ0v) is 18.8. The molecular weight excluding hydrogens is 352 g/mol. The Morgan fingerprint density at radius 2 is 0.714 bits per heavy atom. The molecular formula is C24H46O4. The van der Waals surface area contributed by atoms with Crippen LogP contribution in [0.5, 0.6) is 0 Å². The van der Waals surface area contributed by atoms with E-state index in [0.29, 0.717) is 26.1 Å². The lowest BCUT2D eigenvalue weighted by atomic mass is 10.0. The average Bonchev–Trinajstić information content (AvgIpc) is 2.70. The number of ether oxygens (including phenoxy) is 2. The summed E-state index contributed by atoms with van der Waals surface area (Å²) in [6.07, 6.45) is 20.4. The third kappa shape index (κ3) is 21.2. The van der Waals surface area contributed by atoms with Crippen molar-refractivity contribution in [3.63, 3.8) is 0 Å². The first kappa shape index (κ1) is 26.9. The van der Waals surface area contributed by atoms with Gasteiger partial charge >= 0.3 is 11.9 Å². The van der Waals surface area contributed by atoms with Crippen LogP contribution in [0.3, 0.4) is 0 Å². The summed E-state index contributed by atoms with van der Waals surface area (Å²) in [5, 5.41) is 0. The number of rotatable bonds is 21. The smallest absolute Gasteiger partial charge is 0.305 e. The van der Waals surface area contributed by atoms with Crippen molar-refractivity contribution >= 4 is 11.9 Å². The monoisotopic (exact) mass is 398 g/mol. The standard InChI is InChI=1S/C24H46O4/c1-3-21-27-23(25)19-17-15-13-11-9-7-5-6-8-10-12-14-16-18-20-24(26)28-22-4-2/h3-22H2,1-2H3. The minimum atomic E-state index is -0.0312. The fraction of sp³-hybridized carbons (Fsp3) is 0.917. The molecule has 0 saturated carbocycles. The van der Waals surface area contributed by atoms with Crippen LogP contribution >= 0.6 is 0 Å². The first-order valence-corrected chi connectivity index (χ1v) is 12.0. The maximum atomic E-state index is 11.4. The fourth-order valence-corrected chi connectivity index (χ4v) is 3.24. The summed E-state index contributed by atoms with van der Waals surface area (Å²) < 4.78 is 10.2. The van der Waals surface area contributed by atoms with Gasteiger partial charge in [-0.05, 0) is 25.7 Å². The van der Waals surface area contributed by atoms with E-state index in [1.165, 1.54) is 64.2 Å². The highest BCUT2D eigenvalue weighted by atomic mass is 16.5. The molecule has 0 radical (unpaired) electrons. The number of unbranched alkanes of at least 4 members (excludes halogenated alkanes) is 13. The molecule has 0 amide bonds. The summed E-state index contributed by atoms with van der Waals surface area (Å²) in [4.78, 5) is 22.7. The lowest BCUT2D eigenvalue weighted by Crippen LogP contribution is -2.04. The van der Waals surface area contributed by atoms with Gasteiger partial charge in [-0.1, -0.05) is 90.9 Å². The zero-order valence-electron chi connectivity index (χ0n) is 18.8. The molecule has 0 fully saturated rings. The molecule has 0 aliphatic rings. The number of esters is 2. The van der Waals surface area contributed by atoms with Gasteiger partial charge in [-0.3, -0.25) is 9.59 Å². The normalized spacial score (nSPS) is 10.8. The Bertz CT molecular complexity index is 321. The van der Waals surface area contributed by atoms with E-state index in [9.17, 15) is 9.59 Å². The molecule has 4 heteroatoms. The molecule has 0 aromatic rings. The third-order valence-electron chi connectivity index (χ3n) is 4.95. The molecule has 0 bridgehead atoms. The maximum Gasteiger partial charge on any atom is 0.305 e. The highest BCUT2D eigenvalue weighted by Gasteiger charge is 2.02. The van der Waals surface area contributed by atoms with E-state index >= 15 is 0 Å². The van der Waals surface area contributed by atoms with Crippen molar-refractivity contribution in [3.05, 3.63) is 0 Å². The zero-order chi connectivity index (χ0) is 20.7. The van der Waals surface area contributed by atoms with Gasteiger partial charge < -0.3 is 9.47 Å². The molecule has 0 saturated heterocycles. The van der Waals surface area contributed by atoms with Crippen molar-refractivity contribution in [1.82, 2.24) is 0 Å². The van der Waals surface area contributed by atoms with Crippen LogP contribution in [0.4, 0.5) is 0 Å². The van der Waals surface area contributed by atoms with Crippen LogP contribution in [0, 0.1) is 0 Å². The Morgan fingerprint density at radius 1 is 0.464 bits per heavy atom. The quantitative estimate of drug-likeness (QED) is 0.152. The predicted octanol–water partition coefficient (Wildman–Crippen LogP) is 7.13. The Hall–Kier alpha value is -1.06. The van der Waals surface area contributed by atoms with Crippen molar-refractivity contribution < 1.29 is 19.1 Å². The van der Waals surface area contributed by atoms with Crippen LogP contribution in [-0.4, -0.2) is 25.2 Å². The second-order valence-corrected chi connectivity index (χ2v) is 7.89. The molecule has 4 nitrogen and oxygen atoms in total. The molecule has 0 aliphatic carbocycles. The van der Waals surface area contributed by atoms with Gasteiger partial charge in [-0.25, -0.2) is 0 Å². The Balaban J connectivity index is 3.12. The number of carbonyl (C=O) groups excluding carboxylic acids is 2. The minimum Gasteiger partial charge on any atom is -0.466 e. The topological polar surface area (TPSA) is 52.6 Å². The van der Waals surface area contributed by atoms with Crippen molar-refractivity contribution in [2.24, 2.45) is 0 Å². The SMILES string of the molecule is CCCOC(=O)CCCCCCCCCCCCCCCCC(=O)OCCC. The summed E-state index contributed by atoms with van der Waals surface area (Å²) in [6, 6.07) is 0. The van der Waals surface area contributed by atoms with Crippen LogP contribution in [0.25, 0.3) is 0 Å². The number of hydrogen-bond acceptors (Lipinski definition) is 4. The molecule has 0 aliphatic heterocycles. The van der Waals surface area contributed by atoms with Crippen LogP contribution in [-0.2, 0) is 19.1 Å². The molecule has 0 rings (SSSR count). The Kier molecular flexibility index (Phi) is 21.4. The molecule has 0 spiro atoms. The van der Waals surface area contributed by atoms with Crippen molar-refractivity contribution in [2.45, 2.75) is 129 Å². The largest absolute Gasteiger partial charge is 0.466 e. The summed E-state index contributed by atoms with van der Waals surface area (Å²) in [5.41, 5.74) is 0. The highest BCUT2D eigenvalue weighted by Crippen LogP contribution is 2.14. The van der Waals surface area contributed by atoms with E-state index in [1.807, 2.05) is 13.8 Å². The first-order chi connectivity index (χ1) is 13.7. The van der Waals surface area contributed by atoms with Gasteiger partial charge in [0.05, 0.1) is 13.2 Å². The lowest BCUT2D eigenvalue weighted by Gasteiger charge is -2.04. The van der Waals surface area contributed by atoms with Crippen LogP contribution in [0.15, 0.2) is 0 Å². The number of carbonyl (C=O) groups is 2. The van der Waals surface area contributed by atoms with Crippen molar-refractivity contribution in [3.8, 4) is 0 Å². The first-order valence-electron chi connectivity index (χ1n) is 12.0. The molecule has 0 atom stereocenters. The average molecular weight is 399 g/mol. The highest BCUT2D eigenvalue weighted by molar-refractivity contribution is 5.69. The van der Waals surface area contributed by atoms with Gasteiger partial charge in [0.1, 0.15) is 0 Å². The molecule has 0 aromatic carbocycles. The molecule has 166 valence electrons. The Morgan fingerprint density at radius 3 is 0.964 bits per heavy atom. The summed E-state index contributed by atoms with van der Waals surface area (Å²) in [7, 11) is 0. The Labute approximate surface area is 174 Å². The van der Waals surface area contributed by atoms with E-state index in [1.54, 1.807) is 0 Å². The fourth-order valence-electron chi connectivity index (χ4n) is 3.24. The summed E-state index contributed by atoms with van der Waals surface area (Å²) in [5.74, 6) is -0.0624. The van der Waals surface area contributed by atoms with E-state index in [2.05, 4.69) is 0 Å². The minimum absolute atomic E-state index is 0.0312. The lowest BCUT2D eigenvalue weighted by molar-refractivity contribution is -0.144. The second kappa shape index (κ2) is 22.2. The molecule has 0 unspecified atom stereocenters. The molecule has 0 N–H and O–H groups in total. The molecule has 28 heavy (non-hydrogen) atoms. The van der Waals surface area contributed by atoms with E-state index in [0.717, 1.165) is 38.5 Å². The van der Waals surface area contributed by atoms with E-state index < -0.39 is 0 Å². The van der Waals surface area contributed by atoms with Crippen LogP contribution in [0.2, 0.25) is 0 Å². The van der Waals surface area contributed by atoms with Gasteiger partial charge in [0.15, 0.2) is 0 Å². The van der Waals surface area contributed by atoms with Gasteiger partial charge in [-0.15, -0.1) is 0 Å². The second-order valence-electron chi connectivity index (χ2n) is 7.89. The van der Waals surface area contributed by atoms with Gasteiger partial charge in [0.25, 0.3) is 0 Å². The van der Waals surface area contributed by atoms with Crippen molar-refractivity contribution in [1.29, 1.82) is 0 Å². The maximum absolute atomic E-state index is 11.4. The summed E-state index contributed by atoms with van der Waals surface area (Å²) in [6.45, 7) is 5.17. The van der Waals surface area contributed by atoms with Gasteiger partial charge in [0, 0.05) is 12.8 Å². The van der Waals surface area contributed by atoms with Crippen LogP contribution < -0.4 is 0 Å².